The highest BCUT2D eigenvalue weighted by Crippen LogP contribution is 2.49. The van der Waals surface area contributed by atoms with Crippen molar-refractivity contribution in [3.63, 3.8) is 0 Å². The lowest BCUT2D eigenvalue weighted by Gasteiger charge is -2.25. The van der Waals surface area contributed by atoms with Crippen molar-refractivity contribution in [1.82, 2.24) is 14.7 Å². The van der Waals surface area contributed by atoms with Crippen LogP contribution in [-0.2, 0) is 18.1 Å². The molecule has 7 nitrogen and oxygen atoms in total. The molecule has 0 fully saturated rings. The Bertz CT molecular complexity index is 289. The van der Waals surface area contributed by atoms with E-state index in [0.717, 1.165) is 0 Å². The molecule has 0 heterocycles. The van der Waals surface area contributed by atoms with Crippen molar-refractivity contribution in [3.05, 3.63) is 0 Å². The van der Waals surface area contributed by atoms with Gasteiger partial charge < -0.3 is 0 Å². The van der Waals surface area contributed by atoms with Gasteiger partial charge in [-0.2, -0.15) is 0 Å². The number of rotatable bonds is 15. The molecule has 0 aliphatic heterocycles. The fraction of sp³-hybridized carbons (Fsp3) is 1.00. The number of halogens is 6. The van der Waals surface area contributed by atoms with Crippen molar-refractivity contribution in [2.75, 3.05) is 56.2 Å². The van der Waals surface area contributed by atoms with Crippen LogP contribution in [0.4, 0.5) is 0 Å². The maximum atomic E-state index is 12.6. The van der Waals surface area contributed by atoms with Crippen molar-refractivity contribution < 1.29 is 18.1 Å². The Kier molecular flexibility index (Phi) is 16.0. The van der Waals surface area contributed by atoms with Crippen molar-refractivity contribution >= 4 is 77.4 Å². The van der Waals surface area contributed by atoms with Crippen LogP contribution >= 0.6 is 77.4 Å². The minimum absolute atomic E-state index is 0.0778. The molecule has 0 N–H and O–H groups in total. The highest BCUT2D eigenvalue weighted by molar-refractivity contribution is 7.48. The molecule has 0 spiro atoms. The molecule has 0 aromatic heterocycles. The molecule has 0 atom stereocenters. The molecule has 23 heavy (non-hydrogen) atoms. The van der Waals surface area contributed by atoms with E-state index in [-0.39, 0.29) is 56.2 Å². The molecular formula is C9H18Cl6N3O4P. The average Bonchev–Trinajstić information content (AvgIpc) is 2.57. The Morgan fingerprint density at radius 1 is 0.565 bits per heavy atom. The second-order valence-electron chi connectivity index (χ2n) is 3.95. The molecule has 140 valence electrons. The molecule has 0 saturated carbocycles. The normalized spacial score (nSPS) is 12.7. The van der Waals surface area contributed by atoms with Crippen LogP contribution in [0.3, 0.4) is 0 Å². The molecule has 0 unspecified atom stereocenters. The van der Waals surface area contributed by atoms with Crippen LogP contribution in [0.25, 0.3) is 0 Å². The molecule has 0 aliphatic carbocycles. The maximum absolute atomic E-state index is 12.6. The van der Waals surface area contributed by atoms with Crippen LogP contribution in [0.1, 0.15) is 0 Å². The Morgan fingerprint density at radius 3 is 0.957 bits per heavy atom. The predicted octanol–water partition coefficient (Wildman–Crippen LogP) is 4.10. The standard InChI is InChI=1S/C9H18Cl6N3O4P/c10-1-16(2-11)7-20-23(19,21-8-17(3-12)4-13)22-9-18(5-14)6-15/h1-9H2. The Balaban J connectivity index is 4.70. The van der Waals surface area contributed by atoms with Crippen LogP contribution in [-0.4, -0.2) is 70.9 Å². The first kappa shape index (κ1) is 24.7. The molecule has 0 aliphatic rings. The zero-order valence-electron chi connectivity index (χ0n) is 12.1. The highest BCUT2D eigenvalue weighted by Gasteiger charge is 2.29. The van der Waals surface area contributed by atoms with Crippen molar-refractivity contribution in [3.8, 4) is 0 Å². The number of hydrogen-bond acceptors (Lipinski definition) is 7. The Labute approximate surface area is 166 Å². The van der Waals surface area contributed by atoms with Crippen LogP contribution in [0.5, 0.6) is 0 Å². The quantitative estimate of drug-likeness (QED) is 0.153. The van der Waals surface area contributed by atoms with Crippen LogP contribution < -0.4 is 0 Å². The van der Waals surface area contributed by atoms with Gasteiger partial charge in [-0.05, 0) is 0 Å². The van der Waals surface area contributed by atoms with Gasteiger partial charge in [-0.1, -0.05) is 0 Å². The van der Waals surface area contributed by atoms with E-state index in [2.05, 4.69) is 0 Å². The summed E-state index contributed by atoms with van der Waals surface area (Å²) < 4.78 is 28.2. The number of phosphoric ester groups is 1. The molecule has 0 bridgehead atoms. The summed E-state index contributed by atoms with van der Waals surface area (Å²) in [7, 11) is -3.94. The third kappa shape index (κ3) is 11.1. The number of hydrogen-bond donors (Lipinski definition) is 0. The minimum atomic E-state index is -3.94. The Morgan fingerprint density at radius 2 is 0.783 bits per heavy atom. The number of nitrogens with zero attached hydrogens (tertiary/aromatic N) is 3. The van der Waals surface area contributed by atoms with E-state index < -0.39 is 7.82 Å². The van der Waals surface area contributed by atoms with Gasteiger partial charge in [0, 0.05) is 0 Å². The van der Waals surface area contributed by atoms with E-state index in [0.29, 0.717) is 0 Å². The number of phosphoric acid groups is 1. The van der Waals surface area contributed by atoms with E-state index in [4.69, 9.17) is 83.2 Å². The molecule has 0 amide bonds. The molecule has 0 rings (SSSR count). The van der Waals surface area contributed by atoms with Crippen molar-refractivity contribution in [2.45, 2.75) is 0 Å². The monoisotopic (exact) mass is 473 g/mol. The summed E-state index contributed by atoms with van der Waals surface area (Å²) in [5.41, 5.74) is 0. The maximum Gasteiger partial charge on any atom is 0.478 e. The smallest absolute Gasteiger partial charge is 0.271 e. The molecule has 0 radical (unpaired) electrons. The van der Waals surface area contributed by atoms with Crippen LogP contribution in [0.2, 0.25) is 0 Å². The summed E-state index contributed by atoms with van der Waals surface area (Å²) in [6.07, 6.45) is 0. The fourth-order valence-electron chi connectivity index (χ4n) is 0.872. The van der Waals surface area contributed by atoms with E-state index in [9.17, 15) is 4.57 Å². The van der Waals surface area contributed by atoms with Crippen LogP contribution in [0, 0.1) is 0 Å². The molecule has 0 aromatic rings. The van der Waals surface area contributed by atoms with Crippen molar-refractivity contribution in [2.24, 2.45) is 0 Å². The molecular weight excluding hydrogens is 458 g/mol. The summed E-state index contributed by atoms with van der Waals surface area (Å²) >= 11 is 33.9. The van der Waals surface area contributed by atoms with Gasteiger partial charge in [0.1, 0.15) is 20.2 Å². The molecule has 0 saturated heterocycles. The largest absolute Gasteiger partial charge is 0.478 e. The lowest BCUT2D eigenvalue weighted by molar-refractivity contribution is 0.0279. The van der Waals surface area contributed by atoms with E-state index in [1.807, 2.05) is 0 Å². The summed E-state index contributed by atoms with van der Waals surface area (Å²) in [6.45, 7) is -0.477. The van der Waals surface area contributed by atoms with E-state index in [1.54, 1.807) is 0 Å². The van der Waals surface area contributed by atoms with Gasteiger partial charge in [-0.15, -0.1) is 69.6 Å². The predicted molar refractivity (Wildman–Crippen MR) is 95.3 cm³/mol. The highest BCUT2D eigenvalue weighted by atomic mass is 35.5. The van der Waals surface area contributed by atoms with E-state index in [1.165, 1.54) is 14.7 Å². The van der Waals surface area contributed by atoms with Gasteiger partial charge in [0.25, 0.3) is 0 Å². The summed E-state index contributed by atoms with van der Waals surface area (Å²) in [4.78, 5) is 4.35. The summed E-state index contributed by atoms with van der Waals surface area (Å²) in [5, 5.41) is 0. The van der Waals surface area contributed by atoms with Gasteiger partial charge in [0.2, 0.25) is 0 Å². The van der Waals surface area contributed by atoms with Gasteiger partial charge in [0.15, 0.2) is 0 Å². The van der Waals surface area contributed by atoms with Crippen molar-refractivity contribution in [1.29, 1.82) is 0 Å². The topological polar surface area (TPSA) is 54.5 Å². The minimum Gasteiger partial charge on any atom is -0.271 e. The second-order valence-corrected chi connectivity index (χ2v) is 7.05. The summed E-state index contributed by atoms with van der Waals surface area (Å²) in [6, 6.07) is 0.467. The molecule has 0 aromatic carbocycles. The first-order valence-corrected chi connectivity index (χ1v) is 10.7. The zero-order chi connectivity index (χ0) is 17.7. The lowest BCUT2D eigenvalue weighted by atomic mass is 10.9. The number of alkyl halides is 6. The molecule has 14 heteroatoms. The third-order valence-corrected chi connectivity index (χ3v) is 5.53. The first-order chi connectivity index (χ1) is 11.0. The lowest BCUT2D eigenvalue weighted by Crippen LogP contribution is -2.28. The fourth-order valence-corrected chi connectivity index (χ4v) is 3.19. The van der Waals surface area contributed by atoms with E-state index >= 15 is 0 Å². The third-order valence-electron chi connectivity index (χ3n) is 2.21. The SMILES string of the molecule is O=P(OCN(CCl)CCl)(OCN(CCl)CCl)OCN(CCl)CCl. The van der Waals surface area contributed by atoms with Crippen LogP contribution in [0.15, 0.2) is 0 Å². The average molecular weight is 476 g/mol. The van der Waals surface area contributed by atoms with Gasteiger partial charge in [-0.25, -0.2) is 4.57 Å². The Hall–Kier alpha value is 1.73. The zero-order valence-corrected chi connectivity index (χ0v) is 17.5. The van der Waals surface area contributed by atoms with Gasteiger partial charge in [0.05, 0.1) is 36.0 Å². The summed E-state index contributed by atoms with van der Waals surface area (Å²) in [5.74, 6) is 0. The van der Waals surface area contributed by atoms with Gasteiger partial charge >= 0.3 is 7.82 Å². The first-order valence-electron chi connectivity index (χ1n) is 6.05. The van der Waals surface area contributed by atoms with Gasteiger partial charge in [-0.3, -0.25) is 28.3 Å². The second kappa shape index (κ2) is 14.9.